The maximum atomic E-state index is 12.7. The molecule has 0 spiro atoms. The van der Waals surface area contributed by atoms with Crippen LogP contribution < -0.4 is 4.74 Å². The van der Waals surface area contributed by atoms with Gasteiger partial charge in [0.25, 0.3) is 6.43 Å². The Morgan fingerprint density at radius 1 is 1.32 bits per heavy atom. The Morgan fingerprint density at radius 2 is 2.00 bits per heavy atom. The van der Waals surface area contributed by atoms with E-state index in [0.717, 1.165) is 5.56 Å². The summed E-state index contributed by atoms with van der Waals surface area (Å²) < 4.78 is 30.7. The van der Waals surface area contributed by atoms with Gasteiger partial charge in [0, 0.05) is 32.7 Å². The van der Waals surface area contributed by atoms with Crippen molar-refractivity contribution in [3.05, 3.63) is 60.3 Å². The molecule has 1 aromatic rings. The predicted octanol–water partition coefficient (Wildman–Crippen LogP) is 3.49. The van der Waals surface area contributed by atoms with Gasteiger partial charge >= 0.3 is 0 Å². The number of alkyl halides is 2. The SMILES string of the molecule is C#CCOc1ccc(C2=[C-]C=CC(=C)N2CC(F)F)cc1.[Y]. The van der Waals surface area contributed by atoms with Gasteiger partial charge in [0.2, 0.25) is 0 Å². The second kappa shape index (κ2) is 8.87. The molecule has 0 amide bonds. The number of nitrogens with zero attached hydrogens (tertiary/aromatic N) is 1. The first kappa shape index (κ1) is 18.6. The molecule has 1 aliphatic rings. The van der Waals surface area contributed by atoms with Crippen molar-refractivity contribution in [3.63, 3.8) is 0 Å². The van der Waals surface area contributed by atoms with Gasteiger partial charge in [0.05, 0.1) is 6.54 Å². The van der Waals surface area contributed by atoms with Gasteiger partial charge in [-0.1, -0.05) is 23.8 Å². The van der Waals surface area contributed by atoms with Gasteiger partial charge in [-0.15, -0.1) is 24.6 Å². The minimum atomic E-state index is -2.46. The molecule has 2 nitrogen and oxygen atoms in total. The number of ether oxygens (including phenoxy) is 1. The Bertz CT molecular complexity index is 615. The van der Waals surface area contributed by atoms with Gasteiger partial charge in [-0.25, -0.2) is 8.78 Å². The first-order chi connectivity index (χ1) is 10.1. The predicted molar refractivity (Wildman–Crippen MR) is 78.4 cm³/mol. The van der Waals surface area contributed by atoms with Crippen LogP contribution in [0.2, 0.25) is 0 Å². The average molecular weight is 375 g/mol. The minimum Gasteiger partial charge on any atom is -0.481 e. The van der Waals surface area contributed by atoms with E-state index in [-0.39, 0.29) is 39.3 Å². The number of benzene rings is 1. The third kappa shape index (κ3) is 4.79. The first-order valence-corrected chi connectivity index (χ1v) is 6.33. The van der Waals surface area contributed by atoms with E-state index in [2.05, 4.69) is 18.6 Å². The molecule has 1 heterocycles. The molecule has 1 aromatic carbocycles. The Hall–Kier alpha value is -1.44. The van der Waals surface area contributed by atoms with Crippen molar-refractivity contribution < 1.29 is 46.2 Å². The van der Waals surface area contributed by atoms with Crippen molar-refractivity contribution in [2.24, 2.45) is 0 Å². The molecular weight excluding hydrogens is 361 g/mol. The fourth-order valence-corrected chi connectivity index (χ4v) is 1.95. The molecule has 2 rings (SSSR count). The zero-order chi connectivity index (χ0) is 15.2. The van der Waals surface area contributed by atoms with E-state index in [1.807, 2.05) is 0 Å². The fourth-order valence-electron chi connectivity index (χ4n) is 1.95. The zero-order valence-corrected chi connectivity index (χ0v) is 14.8. The largest absolute Gasteiger partial charge is 0.481 e. The quantitative estimate of drug-likeness (QED) is 0.577. The van der Waals surface area contributed by atoms with Gasteiger partial charge in [0.1, 0.15) is 12.4 Å². The molecule has 0 aromatic heterocycles. The summed E-state index contributed by atoms with van der Waals surface area (Å²) in [6, 6.07) is 7.03. The summed E-state index contributed by atoms with van der Waals surface area (Å²) in [6.45, 7) is 3.55. The molecule has 111 valence electrons. The summed E-state index contributed by atoms with van der Waals surface area (Å²) in [5, 5.41) is 0. The van der Waals surface area contributed by atoms with Gasteiger partial charge in [0.15, 0.2) is 0 Å². The summed E-state index contributed by atoms with van der Waals surface area (Å²) in [5.74, 6) is 3.00. The normalized spacial score (nSPS) is 13.5. The molecule has 0 unspecified atom stereocenters. The monoisotopic (exact) mass is 375 g/mol. The van der Waals surface area contributed by atoms with E-state index in [1.165, 1.54) is 4.90 Å². The summed E-state index contributed by atoms with van der Waals surface area (Å²) in [7, 11) is 0. The third-order valence-electron chi connectivity index (χ3n) is 2.88. The number of terminal acetylenes is 1. The standard InChI is InChI=1S/C17H14F2NO.Y/c1-3-11-21-15-9-7-14(8-10-15)16-6-4-5-13(2)20(16)12-17(18)19;/h1,4-5,7-10,17H,2,11-12H2;/q-1;. The molecule has 1 radical (unpaired) electrons. The number of allylic oxidation sites excluding steroid dienone is 3. The van der Waals surface area contributed by atoms with Crippen LogP contribution in [-0.4, -0.2) is 24.5 Å². The van der Waals surface area contributed by atoms with Crippen LogP contribution in [0.5, 0.6) is 5.75 Å². The molecule has 0 fully saturated rings. The summed E-state index contributed by atoms with van der Waals surface area (Å²) in [4.78, 5) is 1.45. The van der Waals surface area contributed by atoms with Crippen molar-refractivity contribution in [1.82, 2.24) is 4.90 Å². The molecule has 0 saturated heterocycles. The molecule has 0 saturated carbocycles. The van der Waals surface area contributed by atoms with Crippen molar-refractivity contribution in [1.29, 1.82) is 0 Å². The van der Waals surface area contributed by atoms with Crippen LogP contribution in [0.4, 0.5) is 8.78 Å². The maximum absolute atomic E-state index is 12.7. The summed E-state index contributed by atoms with van der Waals surface area (Å²) >= 11 is 0. The third-order valence-corrected chi connectivity index (χ3v) is 2.88. The second-order valence-corrected chi connectivity index (χ2v) is 4.34. The molecule has 0 aliphatic carbocycles. The summed E-state index contributed by atoms with van der Waals surface area (Å²) in [6.07, 6.45) is 8.96. The van der Waals surface area contributed by atoms with E-state index in [4.69, 9.17) is 11.2 Å². The number of hydrogen-bond donors (Lipinski definition) is 0. The van der Waals surface area contributed by atoms with Crippen LogP contribution >= 0.6 is 0 Å². The maximum Gasteiger partial charge on any atom is 0.256 e. The smallest absolute Gasteiger partial charge is 0.256 e. The van der Waals surface area contributed by atoms with E-state index >= 15 is 0 Å². The van der Waals surface area contributed by atoms with Gasteiger partial charge in [-0.05, 0) is 17.8 Å². The number of halogens is 2. The summed E-state index contributed by atoms with van der Waals surface area (Å²) in [5.41, 5.74) is 1.83. The Morgan fingerprint density at radius 3 is 2.59 bits per heavy atom. The Labute approximate surface area is 154 Å². The average Bonchev–Trinajstić information content (AvgIpc) is 2.47. The van der Waals surface area contributed by atoms with E-state index in [9.17, 15) is 8.78 Å². The van der Waals surface area contributed by atoms with Crippen LogP contribution in [0.15, 0.2) is 48.7 Å². The minimum absolute atomic E-state index is 0. The second-order valence-electron chi connectivity index (χ2n) is 4.34. The van der Waals surface area contributed by atoms with Crippen LogP contribution in [0.1, 0.15) is 5.56 Å². The molecular formula is C17H14F2NOY-. The van der Waals surface area contributed by atoms with E-state index in [1.54, 1.807) is 36.4 Å². The topological polar surface area (TPSA) is 12.5 Å². The van der Waals surface area contributed by atoms with Gasteiger partial charge < -0.3 is 9.64 Å². The van der Waals surface area contributed by atoms with E-state index < -0.39 is 13.0 Å². The Kier molecular flexibility index (Phi) is 7.51. The van der Waals surface area contributed by atoms with Crippen molar-refractivity contribution in [3.8, 4) is 18.1 Å². The fraction of sp³-hybridized carbons (Fsp3) is 0.176. The number of hydrogen-bond acceptors (Lipinski definition) is 2. The van der Waals surface area contributed by atoms with Crippen LogP contribution in [-0.2, 0) is 32.7 Å². The van der Waals surface area contributed by atoms with Crippen LogP contribution in [0.3, 0.4) is 0 Å². The molecule has 5 heteroatoms. The molecule has 22 heavy (non-hydrogen) atoms. The van der Waals surface area contributed by atoms with E-state index in [0.29, 0.717) is 17.1 Å². The molecule has 0 atom stereocenters. The van der Waals surface area contributed by atoms with Crippen LogP contribution in [0.25, 0.3) is 5.70 Å². The van der Waals surface area contributed by atoms with Crippen LogP contribution in [0, 0.1) is 18.4 Å². The van der Waals surface area contributed by atoms with Crippen molar-refractivity contribution in [2.75, 3.05) is 13.2 Å². The molecule has 0 N–H and O–H groups in total. The number of rotatable bonds is 5. The Balaban J connectivity index is 0.00000242. The van der Waals surface area contributed by atoms with Gasteiger partial charge in [-0.2, -0.15) is 12.2 Å². The van der Waals surface area contributed by atoms with Crippen molar-refractivity contribution in [2.45, 2.75) is 6.43 Å². The zero-order valence-electron chi connectivity index (χ0n) is 11.9. The molecule has 0 bridgehead atoms. The molecule has 1 aliphatic heterocycles. The van der Waals surface area contributed by atoms with Gasteiger partial charge in [-0.3, -0.25) is 0 Å². The first-order valence-electron chi connectivity index (χ1n) is 6.33. The van der Waals surface area contributed by atoms with Crippen molar-refractivity contribution >= 4 is 5.70 Å².